The minimum Gasteiger partial charge on any atom is -0.481 e. The Kier molecular flexibility index (Phi) is 4.95. The van der Waals surface area contributed by atoms with Crippen molar-refractivity contribution < 1.29 is 14.7 Å². The highest BCUT2D eigenvalue weighted by Crippen LogP contribution is 2.19. The summed E-state index contributed by atoms with van der Waals surface area (Å²) >= 11 is 4.86. The molecule has 6 heteroatoms. The molecule has 0 saturated heterocycles. The highest BCUT2D eigenvalue weighted by atomic mass is 79.9. The normalized spacial score (nSPS) is 12.1. The van der Waals surface area contributed by atoms with Crippen molar-refractivity contribution in [2.24, 2.45) is 5.92 Å². The largest absolute Gasteiger partial charge is 0.481 e. The number of hydrogen-bond donors (Lipinski definition) is 2. The van der Waals surface area contributed by atoms with Crippen LogP contribution in [0.1, 0.15) is 18.2 Å². The van der Waals surface area contributed by atoms with E-state index in [1.54, 1.807) is 6.92 Å². The molecule has 4 nitrogen and oxygen atoms in total. The van der Waals surface area contributed by atoms with Gasteiger partial charge in [-0.25, -0.2) is 0 Å². The molecule has 1 heterocycles. The van der Waals surface area contributed by atoms with Crippen LogP contribution in [-0.4, -0.2) is 17.0 Å². The van der Waals surface area contributed by atoms with Gasteiger partial charge in [-0.3, -0.25) is 9.59 Å². The first-order valence-electron chi connectivity index (χ1n) is 4.71. The number of thiophene rings is 1. The van der Waals surface area contributed by atoms with Crippen LogP contribution in [-0.2, 0) is 16.1 Å². The second-order valence-corrected chi connectivity index (χ2v) is 5.36. The van der Waals surface area contributed by atoms with Gasteiger partial charge in [0.1, 0.15) is 0 Å². The van der Waals surface area contributed by atoms with E-state index in [2.05, 4.69) is 21.2 Å². The van der Waals surface area contributed by atoms with E-state index in [4.69, 9.17) is 5.11 Å². The molecule has 1 aromatic heterocycles. The van der Waals surface area contributed by atoms with E-state index in [-0.39, 0.29) is 12.3 Å². The summed E-state index contributed by atoms with van der Waals surface area (Å²) in [6.07, 6.45) is -0.139. The maximum absolute atomic E-state index is 11.5. The molecule has 1 aromatic rings. The van der Waals surface area contributed by atoms with Gasteiger partial charge in [0.25, 0.3) is 0 Å². The van der Waals surface area contributed by atoms with Gasteiger partial charge in [-0.2, -0.15) is 0 Å². The molecular weight excluding hydrogens is 294 g/mol. The number of aliphatic carboxylic acids is 1. The monoisotopic (exact) mass is 305 g/mol. The Balaban J connectivity index is 2.37. The molecule has 1 unspecified atom stereocenters. The SMILES string of the molecule is CC(CC(=O)O)C(=O)NCc1cc(Br)cs1. The van der Waals surface area contributed by atoms with Crippen LogP contribution >= 0.6 is 27.3 Å². The van der Waals surface area contributed by atoms with E-state index in [9.17, 15) is 9.59 Å². The number of hydrogen-bond acceptors (Lipinski definition) is 3. The molecule has 1 rings (SSSR count). The van der Waals surface area contributed by atoms with Crippen molar-refractivity contribution in [2.75, 3.05) is 0 Å². The second-order valence-electron chi connectivity index (χ2n) is 3.45. The number of carboxylic acids is 1. The predicted molar refractivity (Wildman–Crippen MR) is 65.3 cm³/mol. The van der Waals surface area contributed by atoms with Crippen molar-refractivity contribution in [3.63, 3.8) is 0 Å². The fourth-order valence-electron chi connectivity index (χ4n) is 1.15. The molecule has 0 aliphatic rings. The maximum atomic E-state index is 11.5. The summed E-state index contributed by atoms with van der Waals surface area (Å²) in [5, 5.41) is 13.2. The zero-order valence-electron chi connectivity index (χ0n) is 8.70. The van der Waals surface area contributed by atoms with Crippen molar-refractivity contribution in [1.82, 2.24) is 5.32 Å². The molecule has 0 spiro atoms. The quantitative estimate of drug-likeness (QED) is 0.877. The van der Waals surface area contributed by atoms with Gasteiger partial charge in [-0.05, 0) is 22.0 Å². The molecule has 0 aromatic carbocycles. The molecule has 1 amide bonds. The minimum atomic E-state index is -0.957. The summed E-state index contributed by atoms with van der Waals surface area (Å²) in [5.41, 5.74) is 0. The van der Waals surface area contributed by atoms with E-state index in [0.717, 1.165) is 9.35 Å². The van der Waals surface area contributed by atoms with Gasteiger partial charge in [-0.15, -0.1) is 11.3 Å². The maximum Gasteiger partial charge on any atom is 0.304 e. The van der Waals surface area contributed by atoms with Gasteiger partial charge < -0.3 is 10.4 Å². The third-order valence-corrected chi connectivity index (χ3v) is 3.68. The molecule has 2 N–H and O–H groups in total. The topological polar surface area (TPSA) is 66.4 Å². The van der Waals surface area contributed by atoms with E-state index in [1.807, 2.05) is 11.4 Å². The van der Waals surface area contributed by atoms with Gasteiger partial charge in [-0.1, -0.05) is 6.92 Å². The zero-order chi connectivity index (χ0) is 12.1. The number of amides is 1. The fourth-order valence-corrected chi connectivity index (χ4v) is 2.54. The van der Waals surface area contributed by atoms with Gasteiger partial charge in [0.2, 0.25) is 5.91 Å². The second kappa shape index (κ2) is 6.00. The first-order valence-corrected chi connectivity index (χ1v) is 6.38. The lowest BCUT2D eigenvalue weighted by atomic mass is 10.1. The van der Waals surface area contributed by atoms with E-state index in [0.29, 0.717) is 6.54 Å². The van der Waals surface area contributed by atoms with Crippen LogP contribution in [0.4, 0.5) is 0 Å². The smallest absolute Gasteiger partial charge is 0.304 e. The van der Waals surface area contributed by atoms with Crippen LogP contribution in [0.2, 0.25) is 0 Å². The van der Waals surface area contributed by atoms with Crippen LogP contribution in [0.5, 0.6) is 0 Å². The molecule has 0 fully saturated rings. The average Bonchev–Trinajstić information content (AvgIpc) is 2.59. The van der Waals surface area contributed by atoms with Gasteiger partial charge in [0.15, 0.2) is 0 Å². The lowest BCUT2D eigenvalue weighted by molar-refractivity contribution is -0.140. The molecule has 1 atom stereocenters. The minimum absolute atomic E-state index is 0.139. The lowest BCUT2D eigenvalue weighted by Crippen LogP contribution is -2.29. The molecule has 16 heavy (non-hydrogen) atoms. The molecular formula is C10H12BrNO3S. The van der Waals surface area contributed by atoms with Gasteiger partial charge in [0.05, 0.1) is 13.0 Å². The highest BCUT2D eigenvalue weighted by molar-refractivity contribution is 9.10. The highest BCUT2D eigenvalue weighted by Gasteiger charge is 2.15. The van der Waals surface area contributed by atoms with E-state index in [1.165, 1.54) is 11.3 Å². The molecule has 0 radical (unpaired) electrons. The lowest BCUT2D eigenvalue weighted by Gasteiger charge is -2.08. The zero-order valence-corrected chi connectivity index (χ0v) is 11.1. The molecule has 88 valence electrons. The Morgan fingerprint density at radius 1 is 1.62 bits per heavy atom. The number of nitrogens with one attached hydrogen (secondary N) is 1. The molecule has 0 bridgehead atoms. The molecule has 0 aliphatic carbocycles. The summed E-state index contributed by atoms with van der Waals surface area (Å²) in [5.74, 6) is -1.69. The van der Waals surface area contributed by atoms with Crippen LogP contribution in [0.25, 0.3) is 0 Å². The first kappa shape index (κ1) is 13.2. The summed E-state index contributed by atoms with van der Waals surface area (Å²) in [6.45, 7) is 2.05. The van der Waals surface area contributed by atoms with E-state index < -0.39 is 11.9 Å². The Morgan fingerprint density at radius 2 is 2.31 bits per heavy atom. The Labute approximate surface area is 106 Å². The Morgan fingerprint density at radius 3 is 2.81 bits per heavy atom. The number of carboxylic acid groups (broad SMARTS) is 1. The van der Waals surface area contributed by atoms with Gasteiger partial charge >= 0.3 is 5.97 Å². The fraction of sp³-hybridized carbons (Fsp3) is 0.400. The van der Waals surface area contributed by atoms with Crippen molar-refractivity contribution in [2.45, 2.75) is 19.9 Å². The molecule has 0 saturated carbocycles. The number of carbonyl (C=O) groups is 2. The van der Waals surface area contributed by atoms with Crippen molar-refractivity contribution in [3.8, 4) is 0 Å². The van der Waals surface area contributed by atoms with Crippen LogP contribution in [0, 0.1) is 5.92 Å². The van der Waals surface area contributed by atoms with Crippen LogP contribution in [0.3, 0.4) is 0 Å². The van der Waals surface area contributed by atoms with Crippen LogP contribution < -0.4 is 5.32 Å². The standard InChI is InChI=1S/C10H12BrNO3S/c1-6(2-9(13)14)10(15)12-4-8-3-7(11)5-16-8/h3,5-6H,2,4H2,1H3,(H,12,15)(H,13,14). The van der Waals surface area contributed by atoms with Crippen molar-refractivity contribution in [1.29, 1.82) is 0 Å². The van der Waals surface area contributed by atoms with Gasteiger partial charge in [0, 0.05) is 20.6 Å². The summed E-state index contributed by atoms with van der Waals surface area (Å²) in [4.78, 5) is 22.9. The van der Waals surface area contributed by atoms with Crippen LogP contribution in [0.15, 0.2) is 15.9 Å². The first-order chi connectivity index (χ1) is 7.49. The number of halogens is 1. The van der Waals surface area contributed by atoms with Crippen molar-refractivity contribution >= 4 is 39.1 Å². The average molecular weight is 306 g/mol. The number of carbonyl (C=O) groups excluding carboxylic acids is 1. The van der Waals surface area contributed by atoms with Crippen molar-refractivity contribution in [3.05, 3.63) is 20.8 Å². The molecule has 0 aliphatic heterocycles. The third kappa shape index (κ3) is 4.32. The Bertz CT molecular complexity index is 391. The summed E-state index contributed by atoms with van der Waals surface area (Å²) < 4.78 is 0.986. The summed E-state index contributed by atoms with van der Waals surface area (Å²) in [7, 11) is 0. The van der Waals surface area contributed by atoms with E-state index >= 15 is 0 Å². The summed E-state index contributed by atoms with van der Waals surface area (Å²) in [6, 6.07) is 1.92. The Hall–Kier alpha value is -0.880. The predicted octanol–water partition coefficient (Wildman–Crippen LogP) is 2.24. The number of rotatable bonds is 5. The third-order valence-electron chi connectivity index (χ3n) is 1.99.